The largest absolute Gasteiger partial charge is 0.494 e. The first-order valence-corrected chi connectivity index (χ1v) is 8.82. The predicted molar refractivity (Wildman–Crippen MR) is 101 cm³/mol. The lowest BCUT2D eigenvalue weighted by Crippen LogP contribution is -2.31. The number of amides is 1. The second-order valence-electron chi connectivity index (χ2n) is 5.79. The van der Waals surface area contributed by atoms with Crippen molar-refractivity contribution in [1.82, 2.24) is 5.32 Å². The molecule has 138 valence electrons. The molecule has 0 heterocycles. The molecule has 0 spiro atoms. The van der Waals surface area contributed by atoms with E-state index in [1.165, 1.54) is 0 Å². The minimum atomic E-state index is -0.554. The molecule has 0 bridgehead atoms. The maximum absolute atomic E-state index is 12.0. The Kier molecular flexibility index (Phi) is 7.48. The maximum atomic E-state index is 12.0. The number of halogens is 1. The van der Waals surface area contributed by atoms with E-state index in [1.54, 1.807) is 36.4 Å². The summed E-state index contributed by atoms with van der Waals surface area (Å²) in [6.45, 7) is 4.14. The van der Waals surface area contributed by atoms with Crippen LogP contribution in [0.25, 0.3) is 0 Å². The zero-order valence-electron chi connectivity index (χ0n) is 14.8. The first-order chi connectivity index (χ1) is 12.5. The van der Waals surface area contributed by atoms with Gasteiger partial charge in [0.2, 0.25) is 0 Å². The van der Waals surface area contributed by atoms with Crippen molar-refractivity contribution in [3.8, 4) is 5.75 Å². The Bertz CT molecular complexity index is 728. The van der Waals surface area contributed by atoms with Crippen LogP contribution in [-0.4, -0.2) is 25.1 Å². The van der Waals surface area contributed by atoms with Crippen LogP contribution >= 0.6 is 11.6 Å². The Balaban J connectivity index is 1.80. The summed E-state index contributed by atoms with van der Waals surface area (Å²) in [6.07, 6.45) is 0.910. The number of rotatable bonds is 8. The number of nitrogens with one attached hydrogen (secondary N) is 1. The third-order valence-corrected chi connectivity index (χ3v) is 3.90. The van der Waals surface area contributed by atoms with Gasteiger partial charge in [-0.3, -0.25) is 4.79 Å². The van der Waals surface area contributed by atoms with Crippen LogP contribution in [0.15, 0.2) is 48.5 Å². The highest BCUT2D eigenvalue weighted by Crippen LogP contribution is 2.16. The van der Waals surface area contributed by atoms with Crippen LogP contribution in [0, 0.1) is 0 Å². The van der Waals surface area contributed by atoms with Gasteiger partial charge in [-0.15, -0.1) is 0 Å². The fourth-order valence-electron chi connectivity index (χ4n) is 2.24. The van der Waals surface area contributed by atoms with E-state index >= 15 is 0 Å². The monoisotopic (exact) mass is 375 g/mol. The normalized spacial score (nSPS) is 11.5. The summed E-state index contributed by atoms with van der Waals surface area (Å²) < 4.78 is 10.5. The van der Waals surface area contributed by atoms with Crippen LogP contribution in [0.5, 0.6) is 5.75 Å². The van der Waals surface area contributed by atoms with Gasteiger partial charge in [0.05, 0.1) is 18.2 Å². The number of hydrogen-bond donors (Lipinski definition) is 1. The summed E-state index contributed by atoms with van der Waals surface area (Å²) in [5.41, 5.74) is 1.28. The lowest BCUT2D eigenvalue weighted by molar-refractivity contribution is -0.124. The molecule has 6 heteroatoms. The van der Waals surface area contributed by atoms with E-state index in [0.717, 1.165) is 12.0 Å². The highest BCUT2D eigenvalue weighted by Gasteiger charge is 2.13. The SMILES string of the molecule is CCCOc1ccc(C(=O)OCC(=O)N[C@H](C)c2ccc(Cl)cc2)cc1. The average Bonchev–Trinajstić information content (AvgIpc) is 2.65. The van der Waals surface area contributed by atoms with E-state index in [4.69, 9.17) is 21.1 Å². The highest BCUT2D eigenvalue weighted by molar-refractivity contribution is 6.30. The third-order valence-electron chi connectivity index (χ3n) is 3.64. The van der Waals surface area contributed by atoms with Crippen molar-refractivity contribution in [1.29, 1.82) is 0 Å². The lowest BCUT2D eigenvalue weighted by atomic mass is 10.1. The van der Waals surface area contributed by atoms with Crippen molar-refractivity contribution in [3.63, 3.8) is 0 Å². The standard InChI is InChI=1S/C20H22ClNO4/c1-3-12-25-18-10-6-16(7-11-18)20(24)26-13-19(23)22-14(2)15-4-8-17(21)9-5-15/h4-11,14H,3,12-13H2,1-2H3,(H,22,23)/t14-/m1/s1. The fourth-order valence-corrected chi connectivity index (χ4v) is 2.37. The van der Waals surface area contributed by atoms with Gasteiger partial charge in [0, 0.05) is 5.02 Å². The van der Waals surface area contributed by atoms with Gasteiger partial charge in [-0.1, -0.05) is 30.7 Å². The molecule has 0 radical (unpaired) electrons. The number of carbonyl (C=O) groups excluding carboxylic acids is 2. The second kappa shape index (κ2) is 9.82. The summed E-state index contributed by atoms with van der Waals surface area (Å²) in [7, 11) is 0. The Hall–Kier alpha value is -2.53. The zero-order valence-corrected chi connectivity index (χ0v) is 15.6. The van der Waals surface area contributed by atoms with E-state index in [1.807, 2.05) is 26.0 Å². The van der Waals surface area contributed by atoms with Crippen LogP contribution in [0.4, 0.5) is 0 Å². The Morgan fingerprint density at radius 1 is 1.08 bits per heavy atom. The first kappa shape index (κ1) is 19.8. The van der Waals surface area contributed by atoms with Crippen molar-refractivity contribution in [3.05, 3.63) is 64.7 Å². The molecule has 26 heavy (non-hydrogen) atoms. The van der Waals surface area contributed by atoms with Crippen LogP contribution in [0.1, 0.15) is 42.2 Å². The van der Waals surface area contributed by atoms with Gasteiger partial charge >= 0.3 is 5.97 Å². The van der Waals surface area contributed by atoms with Crippen molar-refractivity contribution in [2.24, 2.45) is 0 Å². The van der Waals surface area contributed by atoms with Gasteiger partial charge in [0.25, 0.3) is 5.91 Å². The summed E-state index contributed by atoms with van der Waals surface area (Å²) >= 11 is 5.85. The Morgan fingerprint density at radius 3 is 2.35 bits per heavy atom. The molecule has 5 nitrogen and oxygen atoms in total. The van der Waals surface area contributed by atoms with Gasteiger partial charge < -0.3 is 14.8 Å². The van der Waals surface area contributed by atoms with Crippen molar-refractivity contribution in [2.45, 2.75) is 26.3 Å². The molecule has 0 aliphatic heterocycles. The molecule has 0 saturated carbocycles. The second-order valence-corrected chi connectivity index (χ2v) is 6.23. The van der Waals surface area contributed by atoms with Crippen LogP contribution in [-0.2, 0) is 9.53 Å². The van der Waals surface area contributed by atoms with Crippen molar-refractivity contribution < 1.29 is 19.1 Å². The van der Waals surface area contributed by atoms with Crippen LogP contribution < -0.4 is 10.1 Å². The van der Waals surface area contributed by atoms with Gasteiger partial charge in [-0.2, -0.15) is 0 Å². The molecule has 2 aromatic rings. The minimum Gasteiger partial charge on any atom is -0.494 e. The Morgan fingerprint density at radius 2 is 1.73 bits per heavy atom. The van der Waals surface area contributed by atoms with Crippen LogP contribution in [0.3, 0.4) is 0 Å². The molecule has 0 aliphatic carbocycles. The van der Waals surface area contributed by atoms with Gasteiger partial charge in [-0.05, 0) is 55.3 Å². The van der Waals surface area contributed by atoms with Gasteiger partial charge in [-0.25, -0.2) is 4.79 Å². The summed E-state index contributed by atoms with van der Waals surface area (Å²) in [6, 6.07) is 13.6. The smallest absolute Gasteiger partial charge is 0.338 e. The number of benzene rings is 2. The molecule has 2 rings (SSSR count). The molecule has 1 N–H and O–H groups in total. The third kappa shape index (κ3) is 6.08. The topological polar surface area (TPSA) is 64.6 Å². The maximum Gasteiger partial charge on any atom is 0.338 e. The molecule has 0 saturated heterocycles. The van der Waals surface area contributed by atoms with E-state index < -0.39 is 5.97 Å². The molecule has 1 atom stereocenters. The van der Waals surface area contributed by atoms with Crippen molar-refractivity contribution >= 4 is 23.5 Å². The highest BCUT2D eigenvalue weighted by atomic mass is 35.5. The number of hydrogen-bond acceptors (Lipinski definition) is 4. The zero-order chi connectivity index (χ0) is 18.9. The number of esters is 1. The predicted octanol–water partition coefficient (Wildman–Crippen LogP) is 4.16. The first-order valence-electron chi connectivity index (χ1n) is 8.44. The molecule has 0 aliphatic rings. The molecule has 0 fully saturated rings. The summed E-state index contributed by atoms with van der Waals surface area (Å²) in [5, 5.41) is 3.41. The average molecular weight is 376 g/mol. The lowest BCUT2D eigenvalue weighted by Gasteiger charge is -2.14. The quantitative estimate of drug-likeness (QED) is 0.703. The molecular weight excluding hydrogens is 354 g/mol. The minimum absolute atomic E-state index is 0.214. The summed E-state index contributed by atoms with van der Waals surface area (Å²) in [5.74, 6) is -0.233. The fraction of sp³-hybridized carbons (Fsp3) is 0.300. The number of ether oxygens (including phenoxy) is 2. The van der Waals surface area contributed by atoms with E-state index in [-0.39, 0.29) is 18.6 Å². The molecular formula is C20H22ClNO4. The molecule has 1 amide bonds. The molecule has 0 aromatic heterocycles. The number of carbonyl (C=O) groups is 2. The molecule has 0 unspecified atom stereocenters. The van der Waals surface area contributed by atoms with Gasteiger partial charge in [0.15, 0.2) is 6.61 Å². The summed E-state index contributed by atoms with van der Waals surface area (Å²) in [4.78, 5) is 24.0. The van der Waals surface area contributed by atoms with Crippen LogP contribution in [0.2, 0.25) is 5.02 Å². The molecule has 2 aromatic carbocycles. The Labute approximate surface area is 158 Å². The van der Waals surface area contributed by atoms with Crippen molar-refractivity contribution in [2.75, 3.05) is 13.2 Å². The van der Waals surface area contributed by atoms with E-state index in [0.29, 0.717) is 22.9 Å². The van der Waals surface area contributed by atoms with E-state index in [9.17, 15) is 9.59 Å². The van der Waals surface area contributed by atoms with E-state index in [2.05, 4.69) is 5.32 Å². The van der Waals surface area contributed by atoms with Gasteiger partial charge in [0.1, 0.15) is 5.75 Å².